The van der Waals surface area contributed by atoms with Gasteiger partial charge in [0.05, 0.1) is 18.8 Å². The molecule has 0 radical (unpaired) electrons. The zero-order valence-electron chi connectivity index (χ0n) is 8.29. The standard InChI is InChI=1S/C10H15N3O/c1-14-8-2-3-9(12-6-8)13-10(7-11)4-5-10/h2-3,6H,4-5,7,11H2,1H3,(H,12,13). The van der Waals surface area contributed by atoms with E-state index in [0.717, 1.165) is 24.4 Å². The van der Waals surface area contributed by atoms with E-state index in [4.69, 9.17) is 10.5 Å². The molecule has 0 atom stereocenters. The van der Waals surface area contributed by atoms with Crippen LogP contribution in [0.25, 0.3) is 0 Å². The molecule has 0 amide bonds. The maximum atomic E-state index is 5.66. The second kappa shape index (κ2) is 3.46. The Morgan fingerprint density at radius 1 is 1.57 bits per heavy atom. The molecule has 1 saturated carbocycles. The maximum Gasteiger partial charge on any atom is 0.137 e. The first-order valence-electron chi connectivity index (χ1n) is 4.76. The molecule has 1 aliphatic rings. The Balaban J connectivity index is 2.03. The van der Waals surface area contributed by atoms with Crippen molar-refractivity contribution in [1.82, 2.24) is 4.98 Å². The van der Waals surface area contributed by atoms with E-state index in [-0.39, 0.29) is 5.54 Å². The predicted molar refractivity (Wildman–Crippen MR) is 55.4 cm³/mol. The Morgan fingerprint density at radius 3 is 2.79 bits per heavy atom. The molecule has 0 aliphatic heterocycles. The van der Waals surface area contributed by atoms with Gasteiger partial charge in [0.15, 0.2) is 0 Å². The Morgan fingerprint density at radius 2 is 2.36 bits per heavy atom. The van der Waals surface area contributed by atoms with Crippen LogP contribution in [-0.2, 0) is 0 Å². The van der Waals surface area contributed by atoms with Crippen LogP contribution in [0.15, 0.2) is 18.3 Å². The molecular weight excluding hydrogens is 178 g/mol. The number of pyridine rings is 1. The smallest absolute Gasteiger partial charge is 0.137 e. The summed E-state index contributed by atoms with van der Waals surface area (Å²) >= 11 is 0. The van der Waals surface area contributed by atoms with Gasteiger partial charge in [0.1, 0.15) is 11.6 Å². The van der Waals surface area contributed by atoms with E-state index in [1.54, 1.807) is 13.3 Å². The lowest BCUT2D eigenvalue weighted by Gasteiger charge is -2.15. The predicted octanol–water partition coefficient (Wildman–Crippen LogP) is 0.993. The summed E-state index contributed by atoms with van der Waals surface area (Å²) in [6.07, 6.45) is 3.98. The zero-order valence-corrected chi connectivity index (χ0v) is 8.29. The highest BCUT2D eigenvalue weighted by molar-refractivity contribution is 5.42. The van der Waals surface area contributed by atoms with Gasteiger partial charge in [0.25, 0.3) is 0 Å². The van der Waals surface area contributed by atoms with Crippen LogP contribution >= 0.6 is 0 Å². The Hall–Kier alpha value is -1.29. The highest BCUT2D eigenvalue weighted by Crippen LogP contribution is 2.37. The van der Waals surface area contributed by atoms with Crippen LogP contribution < -0.4 is 15.8 Å². The Labute approximate surface area is 83.5 Å². The highest BCUT2D eigenvalue weighted by Gasteiger charge is 2.41. The normalized spacial score (nSPS) is 17.6. The third kappa shape index (κ3) is 1.80. The van der Waals surface area contributed by atoms with Crippen LogP contribution in [0.5, 0.6) is 5.75 Å². The fourth-order valence-corrected chi connectivity index (χ4v) is 1.38. The fourth-order valence-electron chi connectivity index (χ4n) is 1.38. The lowest BCUT2D eigenvalue weighted by atomic mass is 10.2. The first kappa shape index (κ1) is 9.27. The number of nitrogens with one attached hydrogen (secondary N) is 1. The quantitative estimate of drug-likeness (QED) is 0.748. The van der Waals surface area contributed by atoms with Crippen molar-refractivity contribution in [2.45, 2.75) is 18.4 Å². The highest BCUT2D eigenvalue weighted by atomic mass is 16.5. The minimum Gasteiger partial charge on any atom is -0.495 e. The molecule has 14 heavy (non-hydrogen) atoms. The minimum atomic E-state index is 0.113. The van der Waals surface area contributed by atoms with E-state index in [1.165, 1.54) is 0 Å². The van der Waals surface area contributed by atoms with Crippen molar-refractivity contribution in [3.05, 3.63) is 18.3 Å². The first-order chi connectivity index (χ1) is 6.78. The molecule has 3 N–H and O–H groups in total. The van der Waals surface area contributed by atoms with Gasteiger partial charge in [-0.3, -0.25) is 0 Å². The summed E-state index contributed by atoms with van der Waals surface area (Å²) in [6.45, 7) is 0.667. The molecule has 4 nitrogen and oxygen atoms in total. The summed E-state index contributed by atoms with van der Waals surface area (Å²) in [6, 6.07) is 3.80. The van der Waals surface area contributed by atoms with Gasteiger partial charge in [-0.25, -0.2) is 4.98 Å². The third-order valence-electron chi connectivity index (χ3n) is 2.61. The van der Waals surface area contributed by atoms with Gasteiger partial charge < -0.3 is 15.8 Å². The molecule has 0 aromatic carbocycles. The summed E-state index contributed by atoms with van der Waals surface area (Å²) in [5.74, 6) is 1.64. The van der Waals surface area contributed by atoms with Crippen LogP contribution in [0.2, 0.25) is 0 Å². The molecule has 0 unspecified atom stereocenters. The number of rotatable bonds is 4. The second-order valence-corrected chi connectivity index (χ2v) is 3.69. The molecule has 1 aromatic heterocycles. The van der Waals surface area contributed by atoms with Gasteiger partial charge in [0, 0.05) is 6.54 Å². The van der Waals surface area contributed by atoms with Crippen LogP contribution in [0.1, 0.15) is 12.8 Å². The van der Waals surface area contributed by atoms with Gasteiger partial charge in [-0.2, -0.15) is 0 Å². The van der Waals surface area contributed by atoms with Crippen molar-refractivity contribution >= 4 is 5.82 Å². The molecular formula is C10H15N3O. The first-order valence-corrected chi connectivity index (χ1v) is 4.76. The zero-order chi connectivity index (χ0) is 10.0. The van der Waals surface area contributed by atoms with Gasteiger partial charge >= 0.3 is 0 Å². The topological polar surface area (TPSA) is 60.2 Å². The Kier molecular flexibility index (Phi) is 2.29. The molecule has 1 aliphatic carbocycles. The largest absolute Gasteiger partial charge is 0.495 e. The van der Waals surface area contributed by atoms with Gasteiger partial charge in [-0.1, -0.05) is 0 Å². The Bertz CT molecular complexity index is 306. The van der Waals surface area contributed by atoms with Crippen molar-refractivity contribution in [3.8, 4) is 5.75 Å². The number of ether oxygens (including phenoxy) is 1. The molecule has 1 aromatic rings. The SMILES string of the molecule is COc1ccc(NC2(CN)CC2)nc1. The average molecular weight is 193 g/mol. The molecule has 76 valence electrons. The summed E-state index contributed by atoms with van der Waals surface area (Å²) < 4.78 is 5.03. The summed E-state index contributed by atoms with van der Waals surface area (Å²) in [7, 11) is 1.63. The number of nitrogens with two attached hydrogens (primary N) is 1. The van der Waals surface area contributed by atoms with E-state index in [0.29, 0.717) is 6.54 Å². The van der Waals surface area contributed by atoms with Crippen molar-refractivity contribution < 1.29 is 4.74 Å². The van der Waals surface area contributed by atoms with E-state index in [1.807, 2.05) is 12.1 Å². The number of hydrogen-bond donors (Lipinski definition) is 2. The lowest BCUT2D eigenvalue weighted by Crippen LogP contribution is -2.31. The fraction of sp³-hybridized carbons (Fsp3) is 0.500. The number of nitrogens with zero attached hydrogens (tertiary/aromatic N) is 1. The summed E-state index contributed by atoms with van der Waals surface area (Å²) in [5.41, 5.74) is 5.77. The molecule has 0 bridgehead atoms. The summed E-state index contributed by atoms with van der Waals surface area (Å²) in [5, 5.41) is 3.34. The molecule has 4 heteroatoms. The minimum absolute atomic E-state index is 0.113. The maximum absolute atomic E-state index is 5.66. The average Bonchev–Trinajstić information content (AvgIpc) is 3.00. The number of hydrogen-bond acceptors (Lipinski definition) is 4. The molecule has 1 heterocycles. The van der Waals surface area contributed by atoms with Gasteiger partial charge in [0.2, 0.25) is 0 Å². The molecule has 0 spiro atoms. The molecule has 1 fully saturated rings. The lowest BCUT2D eigenvalue weighted by molar-refractivity contribution is 0.413. The molecule has 2 rings (SSSR count). The number of aromatic nitrogens is 1. The van der Waals surface area contributed by atoms with E-state index >= 15 is 0 Å². The van der Waals surface area contributed by atoms with Crippen LogP contribution in [0.4, 0.5) is 5.82 Å². The molecule has 0 saturated heterocycles. The second-order valence-electron chi connectivity index (χ2n) is 3.69. The van der Waals surface area contributed by atoms with Crippen molar-refractivity contribution in [2.24, 2.45) is 5.73 Å². The van der Waals surface area contributed by atoms with Crippen molar-refractivity contribution in [1.29, 1.82) is 0 Å². The van der Waals surface area contributed by atoms with E-state index in [9.17, 15) is 0 Å². The number of anilines is 1. The van der Waals surface area contributed by atoms with Crippen LogP contribution in [-0.4, -0.2) is 24.2 Å². The van der Waals surface area contributed by atoms with Crippen molar-refractivity contribution in [3.63, 3.8) is 0 Å². The van der Waals surface area contributed by atoms with E-state index in [2.05, 4.69) is 10.3 Å². The third-order valence-corrected chi connectivity index (χ3v) is 2.61. The van der Waals surface area contributed by atoms with Crippen LogP contribution in [0.3, 0.4) is 0 Å². The van der Waals surface area contributed by atoms with Crippen molar-refractivity contribution in [2.75, 3.05) is 19.0 Å². The monoisotopic (exact) mass is 193 g/mol. The summed E-state index contributed by atoms with van der Waals surface area (Å²) in [4.78, 5) is 4.23. The van der Waals surface area contributed by atoms with Crippen LogP contribution in [0, 0.1) is 0 Å². The van der Waals surface area contributed by atoms with Gasteiger partial charge in [-0.05, 0) is 25.0 Å². The van der Waals surface area contributed by atoms with E-state index < -0.39 is 0 Å². The van der Waals surface area contributed by atoms with Gasteiger partial charge in [-0.15, -0.1) is 0 Å². The number of methoxy groups -OCH3 is 1.